The summed E-state index contributed by atoms with van der Waals surface area (Å²) < 4.78 is 8.00. The number of ether oxygens (including phenoxy) is 1. The molecule has 0 aliphatic carbocycles. The highest BCUT2D eigenvalue weighted by Gasteiger charge is 2.23. The van der Waals surface area contributed by atoms with Gasteiger partial charge in [0.1, 0.15) is 18.2 Å². The maximum atomic E-state index is 12.5. The molecule has 1 aliphatic heterocycles. The van der Waals surface area contributed by atoms with E-state index in [0.717, 1.165) is 56.4 Å². The number of nitrogens with one attached hydrogen (secondary N) is 1. The van der Waals surface area contributed by atoms with Crippen molar-refractivity contribution in [3.8, 4) is 5.75 Å². The third-order valence-electron chi connectivity index (χ3n) is 6.12. The Morgan fingerprint density at radius 2 is 1.91 bits per heavy atom. The summed E-state index contributed by atoms with van der Waals surface area (Å²) in [6.07, 6.45) is 3.76. The van der Waals surface area contributed by atoms with E-state index in [9.17, 15) is 4.79 Å². The molecule has 3 aromatic rings. The molecule has 1 aromatic heterocycles. The molecular weight excluding hydrogens is 426 g/mol. The smallest absolute Gasteiger partial charge is 0.220 e. The van der Waals surface area contributed by atoms with E-state index in [0.29, 0.717) is 13.0 Å². The highest BCUT2D eigenvalue weighted by atomic mass is 16.5. The van der Waals surface area contributed by atoms with Gasteiger partial charge in [-0.1, -0.05) is 61.2 Å². The molecule has 7 heteroatoms. The zero-order valence-electron chi connectivity index (χ0n) is 19.8. The van der Waals surface area contributed by atoms with Crippen LogP contribution in [0.25, 0.3) is 0 Å². The predicted octanol–water partition coefficient (Wildman–Crippen LogP) is 3.71. The minimum Gasteiger partial charge on any atom is -0.489 e. The molecule has 0 saturated heterocycles. The van der Waals surface area contributed by atoms with Gasteiger partial charge in [-0.2, -0.15) is 0 Å². The summed E-state index contributed by atoms with van der Waals surface area (Å²) in [5.74, 6) is 2.72. The van der Waals surface area contributed by atoms with Gasteiger partial charge in [-0.15, -0.1) is 10.2 Å². The molecule has 0 unspecified atom stereocenters. The lowest BCUT2D eigenvalue weighted by molar-refractivity contribution is -0.121. The summed E-state index contributed by atoms with van der Waals surface area (Å²) in [5, 5.41) is 12.0. The van der Waals surface area contributed by atoms with E-state index in [1.54, 1.807) is 6.08 Å². The van der Waals surface area contributed by atoms with E-state index in [4.69, 9.17) is 4.74 Å². The average molecular weight is 460 g/mol. The Hall–Kier alpha value is -3.45. The number of benzene rings is 2. The number of carbonyl (C=O) groups is 1. The lowest BCUT2D eigenvalue weighted by Gasteiger charge is -2.21. The summed E-state index contributed by atoms with van der Waals surface area (Å²) in [5.41, 5.74) is 2.33. The van der Waals surface area contributed by atoms with Crippen molar-refractivity contribution in [2.45, 2.75) is 45.3 Å². The second-order valence-electron chi connectivity index (χ2n) is 8.63. The van der Waals surface area contributed by atoms with Crippen LogP contribution in [0.2, 0.25) is 0 Å². The van der Waals surface area contributed by atoms with Crippen molar-refractivity contribution in [2.75, 3.05) is 19.7 Å². The second kappa shape index (κ2) is 11.6. The van der Waals surface area contributed by atoms with E-state index in [1.807, 2.05) is 55.5 Å². The van der Waals surface area contributed by atoms with E-state index in [2.05, 4.69) is 37.6 Å². The number of aryl methyl sites for hydroxylation is 1. The lowest BCUT2D eigenvalue weighted by atomic mass is 10.1. The molecule has 7 nitrogen and oxygen atoms in total. The first-order chi connectivity index (χ1) is 16.6. The summed E-state index contributed by atoms with van der Waals surface area (Å²) in [4.78, 5) is 14.9. The Balaban J connectivity index is 1.34. The Morgan fingerprint density at radius 3 is 2.74 bits per heavy atom. The van der Waals surface area contributed by atoms with Crippen molar-refractivity contribution in [1.29, 1.82) is 0 Å². The van der Waals surface area contributed by atoms with Crippen LogP contribution in [0.3, 0.4) is 0 Å². The number of aromatic nitrogens is 3. The van der Waals surface area contributed by atoms with Crippen molar-refractivity contribution >= 4 is 5.91 Å². The molecule has 0 saturated carbocycles. The van der Waals surface area contributed by atoms with Crippen LogP contribution in [0, 0.1) is 0 Å². The van der Waals surface area contributed by atoms with Crippen molar-refractivity contribution in [2.24, 2.45) is 0 Å². The third kappa shape index (κ3) is 6.11. The zero-order valence-corrected chi connectivity index (χ0v) is 19.8. The van der Waals surface area contributed by atoms with Crippen molar-refractivity contribution in [3.63, 3.8) is 0 Å². The van der Waals surface area contributed by atoms with Gasteiger partial charge in [0.15, 0.2) is 5.82 Å². The number of hydrogen-bond donors (Lipinski definition) is 1. The van der Waals surface area contributed by atoms with Crippen LogP contribution in [0.5, 0.6) is 5.75 Å². The molecule has 0 spiro atoms. The molecule has 178 valence electrons. The van der Waals surface area contributed by atoms with E-state index in [1.165, 1.54) is 11.1 Å². The van der Waals surface area contributed by atoms with Gasteiger partial charge in [0.05, 0.1) is 6.04 Å². The average Bonchev–Trinajstić information content (AvgIpc) is 3.17. The van der Waals surface area contributed by atoms with Crippen LogP contribution in [-0.4, -0.2) is 45.3 Å². The number of fused-ring (bicyclic) bond motifs is 1. The first kappa shape index (κ1) is 23.7. The molecule has 34 heavy (non-hydrogen) atoms. The van der Waals surface area contributed by atoms with Gasteiger partial charge >= 0.3 is 0 Å². The van der Waals surface area contributed by atoms with Gasteiger partial charge in [0.25, 0.3) is 0 Å². The Bertz CT molecular complexity index is 1100. The SMILES string of the molecule is C=CCOc1ccccc1CN1CCc2nnc([C@H](C)NC(=O)CCc3ccccc3)n2CC1. The minimum absolute atomic E-state index is 0.0279. The maximum absolute atomic E-state index is 12.5. The maximum Gasteiger partial charge on any atom is 0.220 e. The summed E-state index contributed by atoms with van der Waals surface area (Å²) >= 11 is 0. The highest BCUT2D eigenvalue weighted by Crippen LogP contribution is 2.22. The number of amides is 1. The standard InChI is InChI=1S/C27H33N5O2/c1-3-19-34-24-12-8-7-11-23(24)20-31-16-15-25-29-30-27(32(25)18-17-31)21(2)28-26(33)14-13-22-9-5-4-6-10-22/h3-12,21H,1,13-20H2,2H3,(H,28,33)/t21-/m0/s1. The molecule has 1 amide bonds. The fraction of sp³-hybridized carbons (Fsp3) is 0.370. The molecular formula is C27H33N5O2. The van der Waals surface area contributed by atoms with Gasteiger partial charge in [0, 0.05) is 44.6 Å². The number of rotatable bonds is 10. The third-order valence-corrected chi connectivity index (χ3v) is 6.12. The number of hydrogen-bond acceptors (Lipinski definition) is 5. The largest absolute Gasteiger partial charge is 0.489 e. The van der Waals surface area contributed by atoms with Gasteiger partial charge in [0.2, 0.25) is 5.91 Å². The molecule has 0 radical (unpaired) electrons. The molecule has 4 rings (SSSR count). The van der Waals surface area contributed by atoms with E-state index >= 15 is 0 Å². The number of para-hydroxylation sites is 1. The fourth-order valence-electron chi connectivity index (χ4n) is 4.31. The first-order valence-electron chi connectivity index (χ1n) is 11.9. The quantitative estimate of drug-likeness (QED) is 0.468. The first-order valence-corrected chi connectivity index (χ1v) is 11.9. The van der Waals surface area contributed by atoms with E-state index < -0.39 is 0 Å². The molecule has 0 fully saturated rings. The molecule has 1 aliphatic rings. The van der Waals surface area contributed by atoms with Gasteiger partial charge in [-0.25, -0.2) is 0 Å². The summed E-state index contributed by atoms with van der Waals surface area (Å²) in [6.45, 7) is 9.59. The van der Waals surface area contributed by atoms with Crippen LogP contribution in [0.15, 0.2) is 67.3 Å². The second-order valence-corrected chi connectivity index (χ2v) is 8.63. The van der Waals surface area contributed by atoms with Crippen molar-refractivity contribution in [1.82, 2.24) is 25.0 Å². The molecule has 2 aromatic carbocycles. The Labute approximate surface area is 201 Å². The van der Waals surface area contributed by atoms with Gasteiger partial charge < -0.3 is 14.6 Å². The predicted molar refractivity (Wildman–Crippen MR) is 132 cm³/mol. The Kier molecular flexibility index (Phi) is 8.09. The van der Waals surface area contributed by atoms with Crippen LogP contribution < -0.4 is 10.1 Å². The molecule has 0 bridgehead atoms. The summed E-state index contributed by atoms with van der Waals surface area (Å²) in [6, 6.07) is 18.0. The normalized spacial score (nSPS) is 14.6. The van der Waals surface area contributed by atoms with Crippen molar-refractivity contribution in [3.05, 3.63) is 90.0 Å². The monoisotopic (exact) mass is 459 g/mol. The molecule has 1 atom stereocenters. The number of carbonyl (C=O) groups excluding carboxylic acids is 1. The van der Waals surface area contributed by atoms with Gasteiger partial charge in [-0.05, 0) is 25.0 Å². The van der Waals surface area contributed by atoms with E-state index in [-0.39, 0.29) is 11.9 Å². The highest BCUT2D eigenvalue weighted by molar-refractivity contribution is 5.76. The van der Waals surface area contributed by atoms with Crippen LogP contribution in [0.1, 0.15) is 42.2 Å². The fourth-order valence-corrected chi connectivity index (χ4v) is 4.31. The summed E-state index contributed by atoms with van der Waals surface area (Å²) in [7, 11) is 0. The van der Waals surface area contributed by atoms with Gasteiger partial charge in [-0.3, -0.25) is 9.69 Å². The zero-order chi connectivity index (χ0) is 23.8. The molecule has 2 heterocycles. The molecule has 1 N–H and O–H groups in total. The number of nitrogens with zero attached hydrogens (tertiary/aromatic N) is 4. The van der Waals surface area contributed by atoms with Crippen LogP contribution in [0.4, 0.5) is 0 Å². The lowest BCUT2D eigenvalue weighted by Crippen LogP contribution is -2.30. The van der Waals surface area contributed by atoms with Crippen LogP contribution >= 0.6 is 0 Å². The minimum atomic E-state index is -0.191. The Morgan fingerprint density at radius 1 is 1.12 bits per heavy atom. The van der Waals surface area contributed by atoms with Crippen LogP contribution in [-0.2, 0) is 30.7 Å². The topological polar surface area (TPSA) is 72.3 Å². The van der Waals surface area contributed by atoms with Crippen molar-refractivity contribution < 1.29 is 9.53 Å².